The Morgan fingerprint density at radius 3 is 2.77 bits per heavy atom. The van der Waals surface area contributed by atoms with Crippen LogP contribution in [0.25, 0.3) is 0 Å². The number of aliphatic hydroxyl groups excluding tert-OH is 1. The molecular formula is C25H29ClFN3O5. The fourth-order valence-electron chi connectivity index (χ4n) is 4.45. The van der Waals surface area contributed by atoms with Crippen LogP contribution in [0.15, 0.2) is 48.5 Å². The van der Waals surface area contributed by atoms with Gasteiger partial charge in [-0.3, -0.25) is 4.79 Å². The van der Waals surface area contributed by atoms with Crippen LogP contribution in [-0.2, 0) is 20.8 Å². The van der Waals surface area contributed by atoms with Gasteiger partial charge in [0.1, 0.15) is 11.9 Å². The molecule has 2 aromatic carbocycles. The van der Waals surface area contributed by atoms with E-state index in [9.17, 15) is 19.1 Å². The molecular weight excluding hydrogens is 477 g/mol. The lowest BCUT2D eigenvalue weighted by Crippen LogP contribution is -2.58. The summed E-state index contributed by atoms with van der Waals surface area (Å²) in [7, 11) is 0. The van der Waals surface area contributed by atoms with E-state index in [1.807, 2.05) is 18.2 Å². The van der Waals surface area contributed by atoms with Crippen LogP contribution in [0, 0.1) is 5.82 Å². The lowest BCUT2D eigenvalue weighted by Gasteiger charge is -2.44. The molecule has 0 radical (unpaired) electrons. The molecule has 0 unspecified atom stereocenters. The number of rotatable bonds is 5. The second kappa shape index (κ2) is 11.8. The molecule has 0 aromatic heterocycles. The number of aliphatic hydroxyl groups is 1. The lowest BCUT2D eigenvalue weighted by molar-refractivity contribution is -0.149. The summed E-state index contributed by atoms with van der Waals surface area (Å²) in [6.45, 7) is 0.615. The van der Waals surface area contributed by atoms with Crippen LogP contribution in [-0.4, -0.2) is 66.1 Å². The molecule has 4 atom stereocenters. The van der Waals surface area contributed by atoms with Crippen molar-refractivity contribution in [3.8, 4) is 0 Å². The van der Waals surface area contributed by atoms with Crippen LogP contribution >= 0.6 is 11.6 Å². The van der Waals surface area contributed by atoms with Crippen molar-refractivity contribution in [2.45, 2.75) is 50.2 Å². The molecule has 0 saturated carbocycles. The minimum atomic E-state index is -0.859. The van der Waals surface area contributed by atoms with E-state index in [0.717, 1.165) is 5.56 Å². The number of amides is 3. The quantitative estimate of drug-likeness (QED) is 0.579. The van der Waals surface area contributed by atoms with Crippen molar-refractivity contribution in [3.63, 3.8) is 0 Å². The summed E-state index contributed by atoms with van der Waals surface area (Å²) in [6.07, 6.45) is -0.353. The molecule has 2 aromatic rings. The molecule has 4 rings (SSSR count). The molecule has 2 fully saturated rings. The summed E-state index contributed by atoms with van der Waals surface area (Å²) >= 11 is 6.15. The van der Waals surface area contributed by atoms with Crippen LogP contribution in [0.3, 0.4) is 0 Å². The van der Waals surface area contributed by atoms with Gasteiger partial charge in [0.25, 0.3) is 0 Å². The number of anilines is 1. The minimum Gasteiger partial charge on any atom is -0.389 e. The molecule has 0 spiro atoms. The van der Waals surface area contributed by atoms with Crippen molar-refractivity contribution in [2.75, 3.05) is 25.1 Å². The number of nitrogens with zero attached hydrogens (tertiary/aromatic N) is 1. The highest BCUT2D eigenvalue weighted by molar-refractivity contribution is 6.31. The van der Waals surface area contributed by atoms with E-state index in [-0.39, 0.29) is 44.2 Å². The Bertz CT molecular complexity index is 1040. The number of ether oxygens (including phenoxy) is 2. The molecule has 188 valence electrons. The number of hydrogen-bond acceptors (Lipinski definition) is 5. The predicted octanol–water partition coefficient (Wildman–Crippen LogP) is 3.33. The zero-order chi connectivity index (χ0) is 24.8. The van der Waals surface area contributed by atoms with E-state index in [0.29, 0.717) is 30.1 Å². The molecule has 2 heterocycles. The number of carbonyl (C=O) groups is 2. The van der Waals surface area contributed by atoms with Gasteiger partial charge in [-0.15, -0.1) is 0 Å². The van der Waals surface area contributed by atoms with Gasteiger partial charge in [-0.2, -0.15) is 0 Å². The smallest absolute Gasteiger partial charge is 0.322 e. The van der Waals surface area contributed by atoms with Gasteiger partial charge in [0.15, 0.2) is 0 Å². The van der Waals surface area contributed by atoms with Crippen molar-refractivity contribution in [1.29, 1.82) is 0 Å². The van der Waals surface area contributed by atoms with Crippen LogP contribution in [0.5, 0.6) is 0 Å². The van der Waals surface area contributed by atoms with Crippen LogP contribution < -0.4 is 10.6 Å². The second-order valence-corrected chi connectivity index (χ2v) is 9.20. The van der Waals surface area contributed by atoms with E-state index < -0.39 is 24.1 Å². The third-order valence-electron chi connectivity index (χ3n) is 6.16. The Morgan fingerprint density at radius 1 is 1.14 bits per heavy atom. The highest BCUT2D eigenvalue weighted by Gasteiger charge is 2.40. The van der Waals surface area contributed by atoms with Crippen molar-refractivity contribution in [2.24, 2.45) is 0 Å². The van der Waals surface area contributed by atoms with Crippen molar-refractivity contribution >= 4 is 29.2 Å². The molecule has 2 aliphatic rings. The van der Waals surface area contributed by atoms with E-state index in [2.05, 4.69) is 10.6 Å². The number of carbonyl (C=O) groups excluding carboxylic acids is 2. The van der Waals surface area contributed by atoms with E-state index in [1.165, 1.54) is 23.1 Å². The molecule has 2 aliphatic heterocycles. The summed E-state index contributed by atoms with van der Waals surface area (Å²) in [5.41, 5.74) is 1.16. The van der Waals surface area contributed by atoms with E-state index in [1.54, 1.807) is 12.1 Å². The van der Waals surface area contributed by atoms with Crippen LogP contribution in [0.4, 0.5) is 14.9 Å². The standard InChI is InChI=1S/C25H29ClFN3O5/c26-21-7-2-1-4-16(21)12-28-24(32)11-20-8-9-22-23(35-20)15-34-14-19(31)13-30(22)25(33)29-18-6-3-5-17(27)10-18/h1-7,10,19-20,22-23,31H,8-9,11-15H2,(H,28,32)(H,29,33)/t19-,20+,22+,23-/m1/s1. The van der Waals surface area contributed by atoms with Gasteiger partial charge in [0.2, 0.25) is 5.91 Å². The van der Waals surface area contributed by atoms with Crippen molar-refractivity contribution in [1.82, 2.24) is 10.2 Å². The van der Waals surface area contributed by atoms with Crippen LogP contribution in [0.2, 0.25) is 5.02 Å². The maximum Gasteiger partial charge on any atom is 0.322 e. The van der Waals surface area contributed by atoms with Gasteiger partial charge >= 0.3 is 6.03 Å². The van der Waals surface area contributed by atoms with Crippen molar-refractivity contribution in [3.05, 3.63) is 64.9 Å². The summed E-state index contributed by atoms with van der Waals surface area (Å²) < 4.78 is 25.3. The first-order chi connectivity index (χ1) is 16.9. The summed E-state index contributed by atoms with van der Waals surface area (Å²) in [5.74, 6) is -0.616. The molecule has 2 saturated heterocycles. The number of fused-ring (bicyclic) bond motifs is 1. The third kappa shape index (κ3) is 6.91. The summed E-state index contributed by atoms with van der Waals surface area (Å²) in [6, 6.07) is 12.1. The Labute approximate surface area is 208 Å². The maximum absolute atomic E-state index is 13.5. The largest absolute Gasteiger partial charge is 0.389 e. The zero-order valence-corrected chi connectivity index (χ0v) is 19.9. The number of halogens is 2. The topological polar surface area (TPSA) is 100 Å². The molecule has 3 N–H and O–H groups in total. The average Bonchev–Trinajstić information content (AvgIpc) is 2.81. The van der Waals surface area contributed by atoms with Gasteiger partial charge in [0.05, 0.1) is 44.4 Å². The number of β-amino-alcohol motifs (C(OH)–C–C–N with tert-alkyl or cyclic N) is 1. The zero-order valence-electron chi connectivity index (χ0n) is 19.2. The van der Waals surface area contributed by atoms with Gasteiger partial charge < -0.3 is 30.1 Å². The van der Waals surface area contributed by atoms with Gasteiger partial charge in [-0.1, -0.05) is 35.9 Å². The van der Waals surface area contributed by atoms with Crippen molar-refractivity contribution < 1.29 is 28.6 Å². The highest BCUT2D eigenvalue weighted by Crippen LogP contribution is 2.28. The highest BCUT2D eigenvalue weighted by atomic mass is 35.5. The van der Waals surface area contributed by atoms with E-state index in [4.69, 9.17) is 21.1 Å². The Kier molecular flexibility index (Phi) is 8.56. The molecule has 3 amide bonds. The number of hydrogen-bond donors (Lipinski definition) is 3. The second-order valence-electron chi connectivity index (χ2n) is 8.80. The lowest BCUT2D eigenvalue weighted by atomic mass is 9.95. The molecule has 0 bridgehead atoms. The fraction of sp³-hybridized carbons (Fsp3) is 0.440. The normalized spacial score (nSPS) is 24.6. The SMILES string of the molecule is O=C(C[C@@H]1CC[C@H]2[C@@H](COC[C@H](O)CN2C(=O)Nc2cccc(F)c2)O1)NCc1ccccc1Cl. The fourth-order valence-corrected chi connectivity index (χ4v) is 4.65. The number of nitrogens with one attached hydrogen (secondary N) is 2. The number of urea groups is 1. The monoisotopic (exact) mass is 505 g/mol. The average molecular weight is 506 g/mol. The van der Waals surface area contributed by atoms with Crippen LogP contribution in [0.1, 0.15) is 24.8 Å². The molecule has 35 heavy (non-hydrogen) atoms. The first-order valence-corrected chi connectivity index (χ1v) is 12.0. The molecule has 10 heteroatoms. The van der Waals surface area contributed by atoms with E-state index >= 15 is 0 Å². The Balaban J connectivity index is 1.36. The van der Waals surface area contributed by atoms with Gasteiger partial charge in [0, 0.05) is 17.3 Å². The first-order valence-electron chi connectivity index (χ1n) is 11.6. The predicted molar refractivity (Wildman–Crippen MR) is 129 cm³/mol. The van der Waals surface area contributed by atoms with Gasteiger partial charge in [-0.25, -0.2) is 9.18 Å². The Morgan fingerprint density at radius 2 is 1.97 bits per heavy atom. The minimum absolute atomic E-state index is 0.0503. The number of benzene rings is 2. The summed E-state index contributed by atoms with van der Waals surface area (Å²) in [4.78, 5) is 27.1. The summed E-state index contributed by atoms with van der Waals surface area (Å²) in [5, 5.41) is 16.4. The Hall–Kier alpha value is -2.72. The first kappa shape index (κ1) is 25.4. The maximum atomic E-state index is 13.5. The molecule has 0 aliphatic carbocycles. The molecule has 8 nitrogen and oxygen atoms in total. The van der Waals surface area contributed by atoms with Gasteiger partial charge in [-0.05, 0) is 42.7 Å². The third-order valence-corrected chi connectivity index (χ3v) is 6.53.